The SMILES string of the molecule is CC1(COC2CN(C(=O)/C=C/c3cnc4c(c3)CCC(=O)N4)C2)C=CSC1. The third kappa shape index (κ3) is 4.25. The molecule has 1 atom stereocenters. The minimum atomic E-state index is -0.0107. The van der Waals surface area contributed by atoms with Crippen LogP contribution in [0.25, 0.3) is 6.08 Å². The van der Waals surface area contributed by atoms with Gasteiger partial charge in [0, 0.05) is 43.0 Å². The number of ether oxygens (including phenoxy) is 1. The zero-order chi connectivity index (χ0) is 18.9. The van der Waals surface area contributed by atoms with Crippen molar-refractivity contribution in [3.63, 3.8) is 0 Å². The lowest BCUT2D eigenvalue weighted by molar-refractivity contribution is -0.141. The molecule has 6 nitrogen and oxygen atoms in total. The van der Waals surface area contributed by atoms with Gasteiger partial charge in [0.1, 0.15) is 5.82 Å². The highest BCUT2D eigenvalue weighted by Gasteiger charge is 2.33. The van der Waals surface area contributed by atoms with Crippen LogP contribution in [0.5, 0.6) is 0 Å². The highest BCUT2D eigenvalue weighted by atomic mass is 32.2. The van der Waals surface area contributed by atoms with Crippen LogP contribution in [-0.2, 0) is 20.7 Å². The Hall–Kier alpha value is -2.12. The fourth-order valence-electron chi connectivity index (χ4n) is 3.26. The summed E-state index contributed by atoms with van der Waals surface area (Å²) in [4.78, 5) is 29.7. The van der Waals surface area contributed by atoms with Gasteiger partial charge in [-0.15, -0.1) is 11.8 Å². The summed E-state index contributed by atoms with van der Waals surface area (Å²) in [6.45, 7) is 4.19. The Bertz CT molecular complexity index is 817. The lowest BCUT2D eigenvalue weighted by Gasteiger charge is -2.39. The van der Waals surface area contributed by atoms with Gasteiger partial charge in [-0.25, -0.2) is 4.98 Å². The van der Waals surface area contributed by atoms with E-state index in [9.17, 15) is 9.59 Å². The van der Waals surface area contributed by atoms with Crippen molar-refractivity contribution >= 4 is 35.5 Å². The fourth-order valence-corrected chi connectivity index (χ4v) is 4.34. The van der Waals surface area contributed by atoms with Crippen LogP contribution in [0.2, 0.25) is 0 Å². The van der Waals surface area contributed by atoms with E-state index in [2.05, 4.69) is 28.7 Å². The van der Waals surface area contributed by atoms with Gasteiger partial charge in [-0.05, 0) is 35.1 Å². The molecule has 2 amide bonds. The zero-order valence-corrected chi connectivity index (χ0v) is 16.1. The number of aromatic nitrogens is 1. The molecule has 3 aliphatic heterocycles. The van der Waals surface area contributed by atoms with Crippen molar-refractivity contribution in [1.29, 1.82) is 0 Å². The molecule has 1 N–H and O–H groups in total. The second kappa shape index (κ2) is 7.48. The molecule has 1 aromatic rings. The van der Waals surface area contributed by atoms with Crippen LogP contribution in [0.15, 0.2) is 29.8 Å². The number of carbonyl (C=O) groups excluding carboxylic acids is 2. The van der Waals surface area contributed by atoms with E-state index in [1.807, 2.05) is 17.8 Å². The lowest BCUT2D eigenvalue weighted by Crippen LogP contribution is -2.55. The predicted octanol–water partition coefficient (Wildman–Crippen LogP) is 2.47. The number of hydrogen-bond donors (Lipinski definition) is 1. The average molecular weight is 385 g/mol. The summed E-state index contributed by atoms with van der Waals surface area (Å²) in [5, 5.41) is 4.89. The monoisotopic (exact) mass is 385 g/mol. The van der Waals surface area contributed by atoms with Gasteiger partial charge in [0.15, 0.2) is 0 Å². The maximum absolute atomic E-state index is 12.3. The molecule has 4 heterocycles. The van der Waals surface area contributed by atoms with E-state index in [0.29, 0.717) is 38.4 Å². The molecular formula is C20H23N3O3S. The number of pyridine rings is 1. The minimum Gasteiger partial charge on any atom is -0.374 e. The first-order valence-corrected chi connectivity index (χ1v) is 10.2. The van der Waals surface area contributed by atoms with Crippen molar-refractivity contribution in [2.24, 2.45) is 5.41 Å². The van der Waals surface area contributed by atoms with E-state index in [4.69, 9.17) is 4.74 Å². The van der Waals surface area contributed by atoms with E-state index in [-0.39, 0.29) is 23.3 Å². The molecule has 0 aromatic carbocycles. The van der Waals surface area contributed by atoms with Crippen LogP contribution in [0.3, 0.4) is 0 Å². The average Bonchev–Trinajstić information content (AvgIpc) is 3.05. The topological polar surface area (TPSA) is 71.5 Å². The van der Waals surface area contributed by atoms with Crippen molar-refractivity contribution in [1.82, 2.24) is 9.88 Å². The minimum absolute atomic E-state index is 0.000252. The van der Waals surface area contributed by atoms with E-state index < -0.39 is 0 Å². The van der Waals surface area contributed by atoms with Crippen molar-refractivity contribution in [3.05, 3.63) is 41.0 Å². The normalized spacial score (nSPS) is 24.8. The highest BCUT2D eigenvalue weighted by molar-refractivity contribution is 8.02. The number of rotatable bonds is 5. The summed E-state index contributed by atoms with van der Waals surface area (Å²) < 4.78 is 5.95. The molecule has 0 bridgehead atoms. The Morgan fingerprint density at radius 3 is 3.11 bits per heavy atom. The Labute approximate surface area is 163 Å². The number of amides is 2. The van der Waals surface area contributed by atoms with Crippen LogP contribution in [0, 0.1) is 5.41 Å². The largest absolute Gasteiger partial charge is 0.374 e. The molecule has 4 rings (SSSR count). The predicted molar refractivity (Wildman–Crippen MR) is 106 cm³/mol. The van der Waals surface area contributed by atoms with E-state index in [1.54, 1.807) is 23.2 Å². The van der Waals surface area contributed by atoms with Gasteiger partial charge < -0.3 is 15.0 Å². The first kappa shape index (κ1) is 18.3. The van der Waals surface area contributed by atoms with Crippen LogP contribution >= 0.6 is 11.8 Å². The standard InChI is InChI=1S/C20H23N3O3S/c1-20(6-7-27-13-20)12-26-16-10-23(11-16)18(25)5-2-14-8-15-3-4-17(24)22-19(15)21-9-14/h2,5-9,16H,3-4,10-13H2,1H3,(H,21,22,24)/b5-2+. The summed E-state index contributed by atoms with van der Waals surface area (Å²) in [7, 11) is 0. The first-order valence-electron chi connectivity index (χ1n) is 9.17. The van der Waals surface area contributed by atoms with Crippen molar-refractivity contribution in [2.75, 3.05) is 30.8 Å². The number of hydrogen-bond acceptors (Lipinski definition) is 5. The summed E-state index contributed by atoms with van der Waals surface area (Å²) in [6.07, 6.45) is 8.53. The van der Waals surface area contributed by atoms with Gasteiger partial charge >= 0.3 is 0 Å². The summed E-state index contributed by atoms with van der Waals surface area (Å²) in [5.74, 6) is 1.67. The van der Waals surface area contributed by atoms with Gasteiger partial charge in [0.05, 0.1) is 12.7 Å². The number of aryl methyl sites for hydroxylation is 1. The van der Waals surface area contributed by atoms with Crippen molar-refractivity contribution in [3.8, 4) is 0 Å². The van der Waals surface area contributed by atoms with Gasteiger partial charge in [0.25, 0.3) is 0 Å². The Morgan fingerprint density at radius 1 is 1.48 bits per heavy atom. The number of nitrogens with zero attached hydrogens (tertiary/aromatic N) is 2. The second-order valence-electron chi connectivity index (χ2n) is 7.60. The van der Waals surface area contributed by atoms with Crippen LogP contribution in [0.4, 0.5) is 5.82 Å². The Kier molecular flexibility index (Phi) is 5.06. The van der Waals surface area contributed by atoms with Gasteiger partial charge in [0.2, 0.25) is 11.8 Å². The van der Waals surface area contributed by atoms with Gasteiger partial charge in [-0.2, -0.15) is 0 Å². The quantitative estimate of drug-likeness (QED) is 0.789. The second-order valence-corrected chi connectivity index (χ2v) is 8.50. The molecule has 1 aromatic heterocycles. The summed E-state index contributed by atoms with van der Waals surface area (Å²) in [6, 6.07) is 1.97. The molecule has 1 fully saturated rings. The van der Waals surface area contributed by atoms with Gasteiger partial charge in [-0.1, -0.05) is 13.0 Å². The summed E-state index contributed by atoms with van der Waals surface area (Å²) >= 11 is 1.82. The maximum Gasteiger partial charge on any atom is 0.246 e. The molecule has 0 aliphatic carbocycles. The maximum atomic E-state index is 12.3. The van der Waals surface area contributed by atoms with Crippen molar-refractivity contribution < 1.29 is 14.3 Å². The smallest absolute Gasteiger partial charge is 0.246 e. The molecule has 142 valence electrons. The lowest BCUT2D eigenvalue weighted by atomic mass is 9.95. The molecule has 0 spiro atoms. The zero-order valence-electron chi connectivity index (χ0n) is 15.3. The molecule has 27 heavy (non-hydrogen) atoms. The number of carbonyl (C=O) groups is 2. The summed E-state index contributed by atoms with van der Waals surface area (Å²) in [5.41, 5.74) is 1.99. The highest BCUT2D eigenvalue weighted by Crippen LogP contribution is 2.33. The molecule has 0 saturated carbocycles. The van der Waals surface area contributed by atoms with Crippen LogP contribution in [0.1, 0.15) is 24.5 Å². The third-order valence-electron chi connectivity index (χ3n) is 5.07. The van der Waals surface area contributed by atoms with Crippen molar-refractivity contribution in [2.45, 2.75) is 25.9 Å². The number of fused-ring (bicyclic) bond motifs is 1. The molecule has 7 heteroatoms. The van der Waals surface area contributed by atoms with Crippen LogP contribution < -0.4 is 5.32 Å². The van der Waals surface area contributed by atoms with Crippen LogP contribution in [-0.4, -0.2) is 53.3 Å². The first-order chi connectivity index (χ1) is 13.0. The van der Waals surface area contributed by atoms with Gasteiger partial charge in [-0.3, -0.25) is 9.59 Å². The number of thioether (sulfide) groups is 1. The number of anilines is 1. The molecule has 1 unspecified atom stereocenters. The van der Waals surface area contributed by atoms with E-state index >= 15 is 0 Å². The third-order valence-corrected chi connectivity index (χ3v) is 6.23. The molecule has 1 saturated heterocycles. The number of likely N-dealkylation sites (tertiary alicyclic amines) is 1. The Balaban J connectivity index is 1.25. The molecule has 0 radical (unpaired) electrons. The van der Waals surface area contributed by atoms with E-state index in [0.717, 1.165) is 16.9 Å². The molecule has 3 aliphatic rings. The number of nitrogens with one attached hydrogen (secondary N) is 1. The fraction of sp³-hybridized carbons (Fsp3) is 0.450. The molecular weight excluding hydrogens is 362 g/mol. The Morgan fingerprint density at radius 2 is 2.33 bits per heavy atom. The van der Waals surface area contributed by atoms with E-state index in [1.165, 1.54) is 0 Å².